The van der Waals surface area contributed by atoms with Gasteiger partial charge in [-0.1, -0.05) is 0 Å². The molecular formula is C19H20F2N4O. The number of aromatic nitrogens is 2. The highest BCUT2D eigenvalue weighted by Gasteiger charge is 2.56. The number of nitrogens with zero attached hydrogens (tertiary/aromatic N) is 4. The Kier molecular flexibility index (Phi) is 4.19. The number of halogens is 2. The van der Waals surface area contributed by atoms with E-state index in [1.54, 1.807) is 46.7 Å². The molecule has 1 atom stereocenters. The van der Waals surface area contributed by atoms with Crippen LogP contribution >= 0.6 is 0 Å². The molecule has 0 saturated carbocycles. The highest BCUT2D eigenvalue weighted by atomic mass is 19.3. The molecule has 2 saturated heterocycles. The lowest BCUT2D eigenvalue weighted by atomic mass is 9.77. The standard InChI is InChI=1S/C19H20F2N4O/c20-19(21)12-18(13-24(14-19)11-15-3-7-22-8-4-15)5-9-25(17(18)26)16-2-1-6-23-10-16/h1-4,6-8,10H,5,9,11-14H2/t18-/m0/s1. The van der Waals surface area contributed by atoms with Crippen LogP contribution < -0.4 is 4.90 Å². The summed E-state index contributed by atoms with van der Waals surface area (Å²) in [7, 11) is 0. The minimum atomic E-state index is -2.88. The van der Waals surface area contributed by atoms with Gasteiger partial charge in [-0.05, 0) is 36.2 Å². The van der Waals surface area contributed by atoms with Crippen LogP contribution in [0, 0.1) is 5.41 Å². The van der Waals surface area contributed by atoms with Crippen molar-refractivity contribution in [2.24, 2.45) is 5.41 Å². The molecule has 0 N–H and O–H groups in total. The number of hydrogen-bond donors (Lipinski definition) is 0. The molecule has 0 radical (unpaired) electrons. The van der Waals surface area contributed by atoms with Crippen molar-refractivity contribution in [2.45, 2.75) is 25.3 Å². The van der Waals surface area contributed by atoms with Gasteiger partial charge in [0.1, 0.15) is 0 Å². The number of amides is 1. The summed E-state index contributed by atoms with van der Waals surface area (Å²) in [6, 6.07) is 7.17. The molecule has 2 fully saturated rings. The monoisotopic (exact) mass is 358 g/mol. The molecule has 2 aromatic rings. The second-order valence-electron chi connectivity index (χ2n) is 7.23. The first kappa shape index (κ1) is 17.0. The van der Waals surface area contributed by atoms with Crippen molar-refractivity contribution in [3.05, 3.63) is 54.6 Å². The van der Waals surface area contributed by atoms with Crippen LogP contribution in [0.25, 0.3) is 0 Å². The lowest BCUT2D eigenvalue weighted by molar-refractivity contribution is -0.147. The maximum atomic E-state index is 14.5. The van der Waals surface area contributed by atoms with Crippen LogP contribution in [-0.4, -0.2) is 46.3 Å². The predicted octanol–water partition coefficient (Wildman–Crippen LogP) is 2.74. The van der Waals surface area contributed by atoms with Gasteiger partial charge in [-0.3, -0.25) is 19.7 Å². The number of alkyl halides is 2. The molecule has 1 spiro atoms. The summed E-state index contributed by atoms with van der Waals surface area (Å²) in [6.45, 7) is 0.863. The Hall–Kier alpha value is -2.41. The number of hydrogen-bond acceptors (Lipinski definition) is 4. The summed E-state index contributed by atoms with van der Waals surface area (Å²) in [5.74, 6) is -3.10. The van der Waals surface area contributed by atoms with Crippen molar-refractivity contribution in [2.75, 3.05) is 24.5 Å². The van der Waals surface area contributed by atoms with E-state index < -0.39 is 11.3 Å². The minimum Gasteiger partial charge on any atom is -0.310 e. The number of carbonyl (C=O) groups is 1. The molecule has 4 heterocycles. The number of rotatable bonds is 3. The fourth-order valence-electron chi connectivity index (χ4n) is 4.17. The van der Waals surface area contributed by atoms with Gasteiger partial charge >= 0.3 is 0 Å². The Morgan fingerprint density at radius 1 is 1.08 bits per heavy atom. The van der Waals surface area contributed by atoms with Crippen LogP contribution in [0.3, 0.4) is 0 Å². The van der Waals surface area contributed by atoms with E-state index >= 15 is 0 Å². The Morgan fingerprint density at radius 3 is 2.62 bits per heavy atom. The molecule has 1 amide bonds. The third-order valence-electron chi connectivity index (χ3n) is 5.20. The first-order chi connectivity index (χ1) is 12.5. The van der Waals surface area contributed by atoms with E-state index in [4.69, 9.17) is 0 Å². The van der Waals surface area contributed by atoms with E-state index in [9.17, 15) is 13.6 Å². The van der Waals surface area contributed by atoms with Gasteiger partial charge in [-0.2, -0.15) is 0 Å². The molecule has 5 nitrogen and oxygen atoms in total. The number of anilines is 1. The molecule has 2 aliphatic rings. The molecule has 0 aromatic carbocycles. The van der Waals surface area contributed by atoms with Gasteiger partial charge in [0.15, 0.2) is 0 Å². The number of likely N-dealkylation sites (tertiary alicyclic amines) is 1. The molecule has 7 heteroatoms. The van der Waals surface area contributed by atoms with E-state index in [0.717, 1.165) is 5.56 Å². The molecule has 2 aliphatic heterocycles. The van der Waals surface area contributed by atoms with Gasteiger partial charge in [-0.15, -0.1) is 0 Å². The van der Waals surface area contributed by atoms with Crippen LogP contribution in [0.15, 0.2) is 49.1 Å². The maximum absolute atomic E-state index is 14.5. The van der Waals surface area contributed by atoms with Crippen molar-refractivity contribution in [3.8, 4) is 0 Å². The average Bonchev–Trinajstić information content (AvgIpc) is 2.91. The van der Waals surface area contributed by atoms with Gasteiger partial charge in [0.25, 0.3) is 5.92 Å². The zero-order valence-electron chi connectivity index (χ0n) is 14.3. The van der Waals surface area contributed by atoms with Crippen LogP contribution in [0.4, 0.5) is 14.5 Å². The summed E-state index contributed by atoms with van der Waals surface area (Å²) < 4.78 is 29.0. The van der Waals surface area contributed by atoms with Gasteiger partial charge in [0, 0.05) is 44.6 Å². The van der Waals surface area contributed by atoms with Gasteiger partial charge in [-0.25, -0.2) is 8.78 Å². The van der Waals surface area contributed by atoms with E-state index in [0.29, 0.717) is 31.7 Å². The second kappa shape index (κ2) is 6.39. The molecule has 26 heavy (non-hydrogen) atoms. The smallest absolute Gasteiger partial charge is 0.261 e. The fraction of sp³-hybridized carbons (Fsp3) is 0.421. The zero-order chi connectivity index (χ0) is 18.2. The van der Waals surface area contributed by atoms with Crippen molar-refractivity contribution >= 4 is 11.6 Å². The molecule has 2 aromatic heterocycles. The summed E-state index contributed by atoms with van der Waals surface area (Å²) in [5.41, 5.74) is 0.552. The normalized spacial score (nSPS) is 25.8. The zero-order valence-corrected chi connectivity index (χ0v) is 14.3. The summed E-state index contributed by atoms with van der Waals surface area (Å²) in [5, 5.41) is 0. The topological polar surface area (TPSA) is 49.3 Å². The molecule has 4 rings (SSSR count). The second-order valence-corrected chi connectivity index (χ2v) is 7.23. The largest absolute Gasteiger partial charge is 0.310 e. The SMILES string of the molecule is O=C1N(c2cccnc2)CC[C@]12CN(Cc1ccncc1)CC(F)(F)C2. The van der Waals surface area contributed by atoms with E-state index in [2.05, 4.69) is 9.97 Å². The summed E-state index contributed by atoms with van der Waals surface area (Å²) >= 11 is 0. The van der Waals surface area contributed by atoms with Gasteiger partial charge in [0.05, 0.1) is 23.8 Å². The Bertz CT molecular complexity index is 787. The first-order valence-electron chi connectivity index (χ1n) is 8.69. The first-order valence-corrected chi connectivity index (χ1v) is 8.69. The predicted molar refractivity (Wildman–Crippen MR) is 92.7 cm³/mol. The summed E-state index contributed by atoms with van der Waals surface area (Å²) in [4.78, 5) is 24.4. The van der Waals surface area contributed by atoms with Crippen LogP contribution in [0.5, 0.6) is 0 Å². The van der Waals surface area contributed by atoms with Crippen molar-refractivity contribution in [1.82, 2.24) is 14.9 Å². The van der Waals surface area contributed by atoms with Gasteiger partial charge < -0.3 is 4.90 Å². The van der Waals surface area contributed by atoms with Crippen molar-refractivity contribution in [1.29, 1.82) is 0 Å². The molecule has 136 valence electrons. The lowest BCUT2D eigenvalue weighted by Gasteiger charge is -2.42. The Labute approximate surface area is 150 Å². The van der Waals surface area contributed by atoms with Crippen molar-refractivity contribution in [3.63, 3.8) is 0 Å². The average molecular weight is 358 g/mol. The number of pyridine rings is 2. The molecule has 0 aliphatic carbocycles. The van der Waals surface area contributed by atoms with Crippen LogP contribution in [0.2, 0.25) is 0 Å². The van der Waals surface area contributed by atoms with Crippen LogP contribution in [-0.2, 0) is 11.3 Å². The summed E-state index contributed by atoms with van der Waals surface area (Å²) in [6.07, 6.45) is 6.58. The quantitative estimate of drug-likeness (QED) is 0.847. The van der Waals surface area contributed by atoms with E-state index in [1.807, 2.05) is 12.1 Å². The third-order valence-corrected chi connectivity index (χ3v) is 5.20. The molecular weight excluding hydrogens is 338 g/mol. The van der Waals surface area contributed by atoms with Crippen molar-refractivity contribution < 1.29 is 13.6 Å². The Morgan fingerprint density at radius 2 is 1.88 bits per heavy atom. The Balaban J connectivity index is 1.58. The highest BCUT2D eigenvalue weighted by molar-refractivity contribution is 6.00. The van der Waals surface area contributed by atoms with Gasteiger partial charge in [0.2, 0.25) is 5.91 Å². The lowest BCUT2D eigenvalue weighted by Crippen LogP contribution is -2.55. The number of piperidine rings is 1. The third kappa shape index (κ3) is 3.19. The highest BCUT2D eigenvalue weighted by Crippen LogP contribution is 2.46. The molecule has 0 unspecified atom stereocenters. The fourth-order valence-corrected chi connectivity index (χ4v) is 4.17. The van der Waals surface area contributed by atoms with E-state index in [-0.39, 0.29) is 18.9 Å². The minimum absolute atomic E-state index is 0.218. The van der Waals surface area contributed by atoms with Crippen LogP contribution in [0.1, 0.15) is 18.4 Å². The molecule has 0 bridgehead atoms. The maximum Gasteiger partial charge on any atom is 0.261 e. The van der Waals surface area contributed by atoms with E-state index in [1.165, 1.54) is 0 Å². The number of carbonyl (C=O) groups excluding carboxylic acids is 1.